The Balaban J connectivity index is 1.39. The van der Waals surface area contributed by atoms with Crippen LogP contribution in [-0.4, -0.2) is 66.7 Å². The van der Waals surface area contributed by atoms with Crippen LogP contribution in [0.4, 0.5) is 0 Å². The van der Waals surface area contributed by atoms with E-state index in [0.717, 1.165) is 29.5 Å². The van der Waals surface area contributed by atoms with Crippen molar-refractivity contribution in [2.75, 3.05) is 27.4 Å². The molecule has 2 aliphatic heterocycles. The summed E-state index contributed by atoms with van der Waals surface area (Å²) in [5, 5.41) is 11.7. The summed E-state index contributed by atoms with van der Waals surface area (Å²) in [6.45, 7) is 0.446. The molecule has 11 heteroatoms. The fourth-order valence-corrected chi connectivity index (χ4v) is 6.13. The average Bonchev–Trinajstić information content (AvgIpc) is 3.40. The van der Waals surface area contributed by atoms with Gasteiger partial charge in [0, 0.05) is 18.9 Å². The predicted molar refractivity (Wildman–Crippen MR) is 168 cm³/mol. The van der Waals surface area contributed by atoms with E-state index in [4.69, 9.17) is 28.4 Å². The maximum Gasteiger partial charge on any atom is 0.330 e. The molecule has 2 N–H and O–H groups in total. The Bertz CT molecular complexity index is 1630. The predicted octanol–water partition coefficient (Wildman–Crippen LogP) is 3.73. The third kappa shape index (κ3) is 6.37. The van der Waals surface area contributed by atoms with Crippen molar-refractivity contribution >= 4 is 0 Å². The number of hydrogen-bond acceptors (Lipinski definition) is 9. The fraction of sp³-hybridized carbons (Fsp3) is 0.371. The van der Waals surface area contributed by atoms with Crippen LogP contribution in [0.1, 0.15) is 42.2 Å². The molecule has 11 nitrogen and oxygen atoms in total. The lowest BCUT2D eigenvalue weighted by Gasteiger charge is -2.37. The number of benzene rings is 3. The Morgan fingerprint density at radius 3 is 2.07 bits per heavy atom. The zero-order valence-electron chi connectivity index (χ0n) is 25.7. The molecule has 2 aliphatic rings. The molecule has 1 aromatic heterocycles. The van der Waals surface area contributed by atoms with Gasteiger partial charge in [0.1, 0.15) is 35.4 Å². The second kappa shape index (κ2) is 14.0. The summed E-state index contributed by atoms with van der Waals surface area (Å²) in [5.74, 6) is 1.38. The molecule has 242 valence electrons. The highest BCUT2D eigenvalue weighted by atomic mass is 16.7. The van der Waals surface area contributed by atoms with Crippen molar-refractivity contribution in [3.63, 3.8) is 0 Å². The van der Waals surface area contributed by atoms with Gasteiger partial charge in [0.25, 0.3) is 5.56 Å². The van der Waals surface area contributed by atoms with Crippen LogP contribution >= 0.6 is 0 Å². The minimum atomic E-state index is -1.20. The Morgan fingerprint density at radius 2 is 1.50 bits per heavy atom. The SMILES string of the molecule is COc1ccc(C(OC[C@@H]2O[C@H](n3ccc(=O)[nH]c3=O)[C@H](O[C@H]3CCCCO3)[C@@H]2O)(c2ccccc2)c2ccc(OC)cc2)cc1. The third-order valence-corrected chi connectivity index (χ3v) is 8.52. The molecule has 46 heavy (non-hydrogen) atoms. The summed E-state index contributed by atoms with van der Waals surface area (Å²) in [7, 11) is 3.22. The van der Waals surface area contributed by atoms with Crippen LogP contribution in [0.25, 0.3) is 0 Å². The first kappa shape index (κ1) is 31.7. The number of hydrogen-bond donors (Lipinski definition) is 2. The van der Waals surface area contributed by atoms with Gasteiger partial charge >= 0.3 is 5.69 Å². The van der Waals surface area contributed by atoms with Crippen LogP contribution in [0.2, 0.25) is 0 Å². The second-order valence-corrected chi connectivity index (χ2v) is 11.3. The Morgan fingerprint density at radius 1 is 0.870 bits per heavy atom. The van der Waals surface area contributed by atoms with Crippen molar-refractivity contribution in [2.45, 2.75) is 55.7 Å². The van der Waals surface area contributed by atoms with Gasteiger partial charge in [-0.1, -0.05) is 54.6 Å². The summed E-state index contributed by atoms with van der Waals surface area (Å²) in [4.78, 5) is 27.0. The van der Waals surface area contributed by atoms with E-state index < -0.39 is 47.7 Å². The minimum absolute atomic E-state index is 0.0892. The van der Waals surface area contributed by atoms with E-state index in [9.17, 15) is 14.7 Å². The lowest BCUT2D eigenvalue weighted by atomic mass is 9.80. The molecule has 3 aromatic carbocycles. The number of aromatic amines is 1. The number of aliphatic hydroxyl groups excluding tert-OH is 1. The molecule has 2 fully saturated rings. The molecule has 0 saturated carbocycles. The molecule has 0 spiro atoms. The van der Waals surface area contributed by atoms with Gasteiger partial charge in [-0.25, -0.2) is 4.79 Å². The summed E-state index contributed by atoms with van der Waals surface area (Å²) < 4.78 is 37.5. The van der Waals surface area contributed by atoms with Crippen molar-refractivity contribution in [1.82, 2.24) is 9.55 Å². The molecule has 5 atom stereocenters. The molecule has 0 amide bonds. The van der Waals surface area contributed by atoms with Gasteiger partial charge in [-0.15, -0.1) is 0 Å². The van der Waals surface area contributed by atoms with E-state index in [1.165, 1.54) is 16.8 Å². The smallest absolute Gasteiger partial charge is 0.330 e. The Kier molecular flexibility index (Phi) is 9.67. The van der Waals surface area contributed by atoms with E-state index in [1.54, 1.807) is 14.2 Å². The average molecular weight is 631 g/mol. The number of methoxy groups -OCH3 is 2. The highest BCUT2D eigenvalue weighted by molar-refractivity contribution is 5.49. The number of aliphatic hydroxyl groups is 1. The van der Waals surface area contributed by atoms with Gasteiger partial charge in [0.2, 0.25) is 0 Å². The number of nitrogens with zero attached hydrogens (tertiary/aromatic N) is 1. The number of ether oxygens (including phenoxy) is 6. The van der Waals surface area contributed by atoms with Crippen molar-refractivity contribution in [1.29, 1.82) is 0 Å². The summed E-state index contributed by atoms with van der Waals surface area (Å²) >= 11 is 0. The molecular weight excluding hydrogens is 592 g/mol. The zero-order chi connectivity index (χ0) is 32.1. The van der Waals surface area contributed by atoms with Crippen LogP contribution in [0.5, 0.6) is 11.5 Å². The Hall–Kier alpha value is -4.26. The monoisotopic (exact) mass is 630 g/mol. The molecule has 0 bridgehead atoms. The number of rotatable bonds is 11. The topological polar surface area (TPSA) is 130 Å². The highest BCUT2D eigenvalue weighted by Crippen LogP contribution is 2.43. The van der Waals surface area contributed by atoms with Gasteiger partial charge in [-0.05, 0) is 60.2 Å². The molecule has 6 rings (SSSR count). The lowest BCUT2D eigenvalue weighted by molar-refractivity contribution is -0.215. The van der Waals surface area contributed by atoms with Crippen LogP contribution in [-0.2, 0) is 24.5 Å². The van der Waals surface area contributed by atoms with Gasteiger partial charge in [-0.2, -0.15) is 0 Å². The van der Waals surface area contributed by atoms with Crippen LogP contribution in [0, 0.1) is 0 Å². The molecule has 0 radical (unpaired) electrons. The quantitative estimate of drug-likeness (QED) is 0.238. The molecule has 0 unspecified atom stereocenters. The number of aromatic nitrogens is 2. The van der Waals surface area contributed by atoms with Crippen molar-refractivity contribution in [3.05, 3.63) is 129 Å². The lowest BCUT2D eigenvalue weighted by Crippen LogP contribution is -2.43. The minimum Gasteiger partial charge on any atom is -0.497 e. The fourth-order valence-electron chi connectivity index (χ4n) is 6.13. The number of H-pyrrole nitrogens is 1. The molecule has 3 heterocycles. The van der Waals surface area contributed by atoms with Crippen molar-refractivity contribution < 1.29 is 33.5 Å². The van der Waals surface area contributed by atoms with E-state index in [-0.39, 0.29) is 6.61 Å². The van der Waals surface area contributed by atoms with Gasteiger partial charge in [0.15, 0.2) is 12.5 Å². The van der Waals surface area contributed by atoms with E-state index in [2.05, 4.69) is 4.98 Å². The molecule has 0 aliphatic carbocycles. The molecule has 4 aromatic rings. The van der Waals surface area contributed by atoms with Gasteiger partial charge < -0.3 is 33.5 Å². The first-order valence-corrected chi connectivity index (χ1v) is 15.3. The summed E-state index contributed by atoms with van der Waals surface area (Å²) in [5.41, 5.74) is 0.0926. The van der Waals surface area contributed by atoms with Crippen LogP contribution in [0.3, 0.4) is 0 Å². The van der Waals surface area contributed by atoms with Crippen molar-refractivity contribution in [3.8, 4) is 11.5 Å². The molecule has 2 saturated heterocycles. The maximum atomic E-state index is 12.9. The maximum absolute atomic E-state index is 12.9. The summed E-state index contributed by atoms with van der Waals surface area (Å²) in [6.07, 6.45) is -0.910. The standard InChI is InChI=1S/C35H38N2O9/c1-41-26-15-11-24(12-16-26)35(23-8-4-3-5-9-23,25-13-17-27(42-2)18-14-25)44-22-28-31(39)32(46-30-10-6-7-21-43-30)33(45-28)37-20-19-29(38)36-34(37)40/h3-5,8-9,11-20,28,30-33,39H,6-7,10,21-22H2,1-2H3,(H,36,38,40)/t28-,30-,31+,32+,33-/m0/s1. The highest BCUT2D eigenvalue weighted by Gasteiger charge is 2.49. The summed E-state index contributed by atoms with van der Waals surface area (Å²) in [6, 6.07) is 26.2. The third-order valence-electron chi connectivity index (χ3n) is 8.52. The van der Waals surface area contributed by atoms with Crippen molar-refractivity contribution in [2.24, 2.45) is 0 Å². The first-order valence-electron chi connectivity index (χ1n) is 15.3. The second-order valence-electron chi connectivity index (χ2n) is 11.3. The van der Waals surface area contributed by atoms with Crippen LogP contribution < -0.4 is 20.7 Å². The van der Waals surface area contributed by atoms with E-state index in [0.29, 0.717) is 24.5 Å². The van der Waals surface area contributed by atoms with Crippen LogP contribution in [0.15, 0.2) is 101 Å². The first-order chi connectivity index (χ1) is 22.4. The largest absolute Gasteiger partial charge is 0.497 e. The normalized spacial score (nSPS) is 23.2. The zero-order valence-corrected chi connectivity index (χ0v) is 25.7. The van der Waals surface area contributed by atoms with E-state index in [1.807, 2.05) is 78.9 Å². The van der Waals surface area contributed by atoms with E-state index >= 15 is 0 Å². The Labute approximate surface area is 266 Å². The number of nitrogens with one attached hydrogen (secondary N) is 1. The molecular formula is C35H38N2O9. The van der Waals surface area contributed by atoms with Gasteiger partial charge in [0.05, 0.1) is 20.8 Å². The van der Waals surface area contributed by atoms with Gasteiger partial charge in [-0.3, -0.25) is 14.3 Å².